The molecule has 1 aromatic heterocycles. The van der Waals surface area contributed by atoms with Gasteiger partial charge in [-0.1, -0.05) is 24.3 Å². The monoisotopic (exact) mass is 509 g/mol. The molecule has 2 aromatic carbocycles. The number of ether oxygens (including phenoxy) is 1. The summed E-state index contributed by atoms with van der Waals surface area (Å²) < 4.78 is 21.5. The number of carbonyl (C=O) groups excluding carboxylic acids is 2. The number of carbonyl (C=O) groups is 2. The van der Waals surface area contributed by atoms with Gasteiger partial charge in [-0.25, -0.2) is 23.3 Å². The zero-order valence-electron chi connectivity index (χ0n) is 20.6. The van der Waals surface area contributed by atoms with Crippen molar-refractivity contribution in [3.05, 3.63) is 70.4 Å². The van der Waals surface area contributed by atoms with Gasteiger partial charge in [0, 0.05) is 25.6 Å². The summed E-state index contributed by atoms with van der Waals surface area (Å²) in [7, 11) is 0. The number of hydrogen-bond donors (Lipinski definition) is 2. The average Bonchev–Trinajstić information content (AvgIpc) is 3.68. The van der Waals surface area contributed by atoms with Gasteiger partial charge in [-0.05, 0) is 74.5 Å². The number of aromatic nitrogens is 2. The molecule has 9 nitrogen and oxygen atoms in total. The Hall–Kier alpha value is -3.66. The number of primary amides is 1. The highest BCUT2D eigenvalue weighted by Gasteiger charge is 2.30. The van der Waals surface area contributed by atoms with E-state index in [2.05, 4.69) is 10.2 Å². The standard InChI is InChI=1S/C27H32FN5O4/c28-20-7-5-19(6-8-20)24(37-25(29)34)13-16-31-14-11-18(12-15-31)17-30-26(35)33-23-4-2-1-3-22(23)32(27(33)36)21-9-10-21/h1-8,18,21,24H,9-17H2,(H2,29,34)(H,30,35). The highest BCUT2D eigenvalue weighted by Crippen LogP contribution is 2.36. The Kier molecular flexibility index (Phi) is 7.27. The van der Waals surface area contributed by atoms with Crippen LogP contribution in [0.2, 0.25) is 0 Å². The molecule has 3 N–H and O–H groups in total. The molecule has 1 saturated heterocycles. The van der Waals surface area contributed by atoms with Crippen molar-refractivity contribution in [2.24, 2.45) is 11.7 Å². The van der Waals surface area contributed by atoms with Gasteiger partial charge < -0.3 is 20.7 Å². The first-order valence-electron chi connectivity index (χ1n) is 12.8. The lowest BCUT2D eigenvalue weighted by Crippen LogP contribution is -2.42. The number of nitrogens with two attached hydrogens (primary N) is 1. The van der Waals surface area contributed by atoms with Crippen LogP contribution in [0.3, 0.4) is 0 Å². The predicted molar refractivity (Wildman–Crippen MR) is 137 cm³/mol. The van der Waals surface area contributed by atoms with Crippen LogP contribution in [0.4, 0.5) is 14.0 Å². The molecule has 3 aromatic rings. The van der Waals surface area contributed by atoms with E-state index in [1.165, 1.54) is 16.7 Å². The van der Waals surface area contributed by atoms with E-state index < -0.39 is 12.2 Å². The van der Waals surface area contributed by atoms with Gasteiger partial charge in [-0.2, -0.15) is 0 Å². The Morgan fingerprint density at radius 2 is 1.70 bits per heavy atom. The van der Waals surface area contributed by atoms with Crippen molar-refractivity contribution in [1.82, 2.24) is 19.4 Å². The quantitative estimate of drug-likeness (QED) is 0.480. The first-order chi connectivity index (χ1) is 17.9. The van der Waals surface area contributed by atoms with Crippen LogP contribution in [0.1, 0.15) is 49.8 Å². The van der Waals surface area contributed by atoms with Gasteiger partial charge in [0.15, 0.2) is 0 Å². The van der Waals surface area contributed by atoms with Crippen molar-refractivity contribution in [3.8, 4) is 0 Å². The molecule has 196 valence electrons. The maximum atomic E-state index is 13.3. The summed E-state index contributed by atoms with van der Waals surface area (Å²) in [5.41, 5.74) is 7.11. The molecule has 2 heterocycles. The lowest BCUT2D eigenvalue weighted by molar-refractivity contribution is 0.0860. The van der Waals surface area contributed by atoms with Gasteiger partial charge in [0.25, 0.3) is 0 Å². The highest BCUT2D eigenvalue weighted by atomic mass is 19.1. The molecular weight excluding hydrogens is 477 g/mol. The van der Waals surface area contributed by atoms with E-state index in [4.69, 9.17) is 10.5 Å². The lowest BCUT2D eigenvalue weighted by atomic mass is 9.96. The van der Waals surface area contributed by atoms with Gasteiger partial charge in [0.05, 0.1) is 11.0 Å². The van der Waals surface area contributed by atoms with Crippen LogP contribution in [0.25, 0.3) is 11.0 Å². The van der Waals surface area contributed by atoms with Crippen LogP contribution in [0.15, 0.2) is 53.3 Å². The Labute approximate surface area is 214 Å². The molecule has 0 bridgehead atoms. The number of nitrogens with zero attached hydrogens (tertiary/aromatic N) is 3. The number of imidazole rings is 1. The first kappa shape index (κ1) is 25.0. The fourth-order valence-corrected chi connectivity index (χ4v) is 5.19. The van der Waals surface area contributed by atoms with Crippen molar-refractivity contribution in [1.29, 1.82) is 0 Å². The zero-order chi connectivity index (χ0) is 25.9. The second kappa shape index (κ2) is 10.8. The normalized spacial score (nSPS) is 17.5. The third kappa shape index (κ3) is 5.69. The maximum Gasteiger partial charge on any atom is 0.405 e. The minimum Gasteiger partial charge on any atom is -0.441 e. The van der Waals surface area contributed by atoms with E-state index in [0.29, 0.717) is 36.5 Å². The number of piperidine rings is 1. The van der Waals surface area contributed by atoms with Crippen molar-refractivity contribution in [2.75, 3.05) is 26.2 Å². The number of nitrogens with one attached hydrogen (secondary N) is 1. The van der Waals surface area contributed by atoms with E-state index >= 15 is 0 Å². The Balaban J connectivity index is 1.13. The molecule has 2 aliphatic rings. The molecule has 1 atom stereocenters. The predicted octanol–water partition coefficient (Wildman–Crippen LogP) is 3.77. The smallest absolute Gasteiger partial charge is 0.405 e. The van der Waals surface area contributed by atoms with Crippen LogP contribution < -0.4 is 16.7 Å². The van der Waals surface area contributed by atoms with Crippen LogP contribution in [0.5, 0.6) is 0 Å². The third-order valence-electron chi connectivity index (χ3n) is 7.35. The zero-order valence-corrected chi connectivity index (χ0v) is 20.6. The summed E-state index contributed by atoms with van der Waals surface area (Å²) in [5.74, 6) is -0.0447. The SMILES string of the molecule is NC(=O)OC(CCN1CCC(CNC(=O)n2c(=O)n(C3CC3)c3ccccc32)CC1)c1ccc(F)cc1. The molecule has 1 unspecified atom stereocenters. The lowest BCUT2D eigenvalue weighted by Gasteiger charge is -2.32. The van der Waals surface area contributed by atoms with Gasteiger partial charge in [-0.15, -0.1) is 0 Å². The molecule has 0 spiro atoms. The Bertz CT molecular complexity index is 1320. The minimum absolute atomic E-state index is 0.187. The highest BCUT2D eigenvalue weighted by molar-refractivity contribution is 5.89. The molecule has 1 aliphatic carbocycles. The van der Waals surface area contributed by atoms with Crippen LogP contribution in [0, 0.1) is 11.7 Å². The number of benzene rings is 2. The van der Waals surface area contributed by atoms with E-state index in [-0.39, 0.29) is 23.6 Å². The van der Waals surface area contributed by atoms with Crippen LogP contribution in [-0.2, 0) is 4.74 Å². The van der Waals surface area contributed by atoms with Crippen LogP contribution >= 0.6 is 0 Å². The number of amides is 2. The number of rotatable bonds is 8. The second-order valence-corrected chi connectivity index (χ2v) is 9.94. The van der Waals surface area contributed by atoms with Gasteiger partial charge in [0.1, 0.15) is 11.9 Å². The largest absolute Gasteiger partial charge is 0.441 e. The van der Waals surface area contributed by atoms with E-state index in [0.717, 1.165) is 44.3 Å². The molecule has 0 radical (unpaired) electrons. The fraction of sp³-hybridized carbons (Fsp3) is 0.444. The van der Waals surface area contributed by atoms with Crippen molar-refractivity contribution < 1.29 is 18.7 Å². The fourth-order valence-electron chi connectivity index (χ4n) is 5.19. The molecular formula is C27H32FN5O4. The summed E-state index contributed by atoms with van der Waals surface area (Å²) in [6.07, 6.45) is 2.88. The number of halogens is 1. The number of para-hydroxylation sites is 2. The maximum absolute atomic E-state index is 13.3. The van der Waals surface area contributed by atoms with Crippen molar-refractivity contribution >= 4 is 23.2 Å². The van der Waals surface area contributed by atoms with Gasteiger partial charge >= 0.3 is 17.8 Å². The number of hydrogen-bond acceptors (Lipinski definition) is 5. The molecule has 2 fully saturated rings. The first-order valence-corrected chi connectivity index (χ1v) is 12.8. The number of likely N-dealkylation sites (tertiary alicyclic amines) is 1. The van der Waals surface area contributed by atoms with E-state index in [1.54, 1.807) is 16.7 Å². The molecule has 2 amide bonds. The molecule has 5 rings (SSSR count). The summed E-state index contributed by atoms with van der Waals surface area (Å²) in [4.78, 5) is 39.7. The van der Waals surface area contributed by atoms with E-state index in [1.807, 2.05) is 24.3 Å². The van der Waals surface area contributed by atoms with Gasteiger partial charge in [0.2, 0.25) is 0 Å². The molecule has 37 heavy (non-hydrogen) atoms. The van der Waals surface area contributed by atoms with Crippen molar-refractivity contribution in [3.63, 3.8) is 0 Å². The molecule has 10 heteroatoms. The third-order valence-corrected chi connectivity index (χ3v) is 7.35. The topological polar surface area (TPSA) is 112 Å². The average molecular weight is 510 g/mol. The summed E-state index contributed by atoms with van der Waals surface area (Å²) >= 11 is 0. The summed E-state index contributed by atoms with van der Waals surface area (Å²) in [5, 5.41) is 2.98. The summed E-state index contributed by atoms with van der Waals surface area (Å²) in [6, 6.07) is 13.1. The Morgan fingerprint density at radius 1 is 1.03 bits per heavy atom. The van der Waals surface area contributed by atoms with Gasteiger partial charge in [-0.3, -0.25) is 4.57 Å². The molecule has 1 saturated carbocycles. The Morgan fingerprint density at radius 3 is 2.35 bits per heavy atom. The van der Waals surface area contributed by atoms with E-state index in [9.17, 15) is 18.8 Å². The second-order valence-electron chi connectivity index (χ2n) is 9.94. The molecule has 1 aliphatic heterocycles. The number of fused-ring (bicyclic) bond motifs is 1. The van der Waals surface area contributed by atoms with Crippen molar-refractivity contribution in [2.45, 2.75) is 44.2 Å². The van der Waals surface area contributed by atoms with Crippen LogP contribution in [-0.4, -0.2) is 52.3 Å². The minimum atomic E-state index is -0.858. The summed E-state index contributed by atoms with van der Waals surface area (Å²) in [6.45, 7) is 2.89.